The van der Waals surface area contributed by atoms with E-state index < -0.39 is 27.9 Å². The van der Waals surface area contributed by atoms with Gasteiger partial charge in [-0.15, -0.1) is 0 Å². The van der Waals surface area contributed by atoms with Crippen molar-refractivity contribution in [2.75, 3.05) is 6.16 Å². The van der Waals surface area contributed by atoms with Gasteiger partial charge in [0.25, 0.3) is 0 Å². The van der Waals surface area contributed by atoms with E-state index in [0.717, 1.165) is 6.16 Å². The fourth-order valence-corrected chi connectivity index (χ4v) is 14.5. The van der Waals surface area contributed by atoms with Crippen molar-refractivity contribution < 1.29 is 12.1 Å². The summed E-state index contributed by atoms with van der Waals surface area (Å²) >= 11 is -1.38. The zero-order chi connectivity index (χ0) is 21.5. The van der Waals surface area contributed by atoms with Crippen molar-refractivity contribution in [3.05, 3.63) is 121 Å². The fourth-order valence-electron chi connectivity index (χ4n) is 3.56. The van der Waals surface area contributed by atoms with Gasteiger partial charge in [0.1, 0.15) is 0 Å². The van der Waals surface area contributed by atoms with Crippen LogP contribution in [-0.4, -0.2) is 10.7 Å². The van der Waals surface area contributed by atoms with Gasteiger partial charge in [0.15, 0.2) is 0 Å². The van der Waals surface area contributed by atoms with E-state index in [4.69, 9.17) is 20.2 Å². The van der Waals surface area contributed by atoms with E-state index in [-0.39, 0.29) is 4.56 Å². The van der Waals surface area contributed by atoms with Gasteiger partial charge in [-0.3, -0.25) is 0 Å². The van der Waals surface area contributed by atoms with Crippen molar-refractivity contribution in [1.82, 2.24) is 0 Å². The molecular weight excluding hydrogens is 501 g/mol. The molecule has 1 unspecified atom stereocenters. The van der Waals surface area contributed by atoms with E-state index >= 15 is 0 Å². The predicted octanol–water partition coefficient (Wildman–Crippen LogP) is 6.50. The second-order valence-electron chi connectivity index (χ2n) is 6.95. The average Bonchev–Trinajstić information content (AvgIpc) is 2.84. The predicted molar refractivity (Wildman–Crippen MR) is 139 cm³/mol. The molecule has 5 heteroatoms. The van der Waals surface area contributed by atoms with Crippen LogP contribution in [0, 0.1) is 0 Å². The summed E-state index contributed by atoms with van der Waals surface area (Å²) in [6, 6.07) is 43.2. The maximum absolute atomic E-state index is 6.83. The summed E-state index contributed by atoms with van der Waals surface area (Å²) in [6.07, 6.45) is 0.978. The molecule has 0 fully saturated rings. The Morgan fingerprint density at radius 1 is 0.516 bits per heavy atom. The Morgan fingerprint density at radius 3 is 1.16 bits per heavy atom. The Hall–Kier alpha value is -1.16. The van der Waals surface area contributed by atoms with Crippen LogP contribution in [0.15, 0.2) is 121 Å². The summed E-state index contributed by atoms with van der Waals surface area (Å²) in [6.45, 7) is 0. The van der Waals surface area contributed by atoms with Crippen LogP contribution < -0.4 is 21.2 Å². The quantitative estimate of drug-likeness (QED) is 0.182. The van der Waals surface area contributed by atoms with Gasteiger partial charge in [0, 0.05) is 0 Å². The van der Waals surface area contributed by atoms with Crippen LogP contribution in [0.4, 0.5) is 0 Å². The van der Waals surface area contributed by atoms with Crippen LogP contribution in [0.2, 0.25) is 0 Å². The summed E-state index contributed by atoms with van der Waals surface area (Å²) < 4.78 is 0.217. The normalized spacial score (nSPS) is 12.7. The first kappa shape index (κ1) is 23.0. The molecule has 0 radical (unpaired) electrons. The molecule has 4 rings (SSSR count). The number of benzene rings is 4. The van der Waals surface area contributed by atoms with Gasteiger partial charge in [-0.2, -0.15) is 0 Å². The zero-order valence-electron chi connectivity index (χ0n) is 16.8. The van der Waals surface area contributed by atoms with E-state index in [2.05, 4.69) is 121 Å². The monoisotopic (exact) mass is 523 g/mol. The van der Waals surface area contributed by atoms with E-state index in [0.29, 0.717) is 0 Å². The van der Waals surface area contributed by atoms with Gasteiger partial charge in [-0.1, -0.05) is 0 Å². The topological polar surface area (TPSA) is 0 Å². The number of hydrogen-bond donors (Lipinski definition) is 0. The Balaban J connectivity index is 1.78. The SMILES string of the molecule is [Cl][Fe]([Cl])[CH](CP(c1ccccc1)c1ccccc1)P(c1ccccc1)c1ccccc1. The molecule has 31 heavy (non-hydrogen) atoms. The van der Waals surface area contributed by atoms with Crippen molar-refractivity contribution in [2.24, 2.45) is 0 Å². The molecule has 0 bridgehead atoms. The van der Waals surface area contributed by atoms with Gasteiger partial charge >= 0.3 is 201 Å². The second-order valence-corrected chi connectivity index (χ2v) is 16.4. The zero-order valence-corrected chi connectivity index (χ0v) is 21.2. The molecule has 0 aromatic heterocycles. The second kappa shape index (κ2) is 11.6. The van der Waals surface area contributed by atoms with Crippen molar-refractivity contribution in [2.45, 2.75) is 4.56 Å². The van der Waals surface area contributed by atoms with E-state index in [1.165, 1.54) is 21.2 Å². The van der Waals surface area contributed by atoms with E-state index in [9.17, 15) is 0 Å². The molecule has 4 aromatic rings. The van der Waals surface area contributed by atoms with Crippen molar-refractivity contribution in [3.8, 4) is 0 Å². The van der Waals surface area contributed by atoms with Gasteiger partial charge in [-0.25, -0.2) is 0 Å². The third-order valence-corrected chi connectivity index (χ3v) is 15.4. The summed E-state index contributed by atoms with van der Waals surface area (Å²) in [5, 5.41) is 5.42. The first-order valence-electron chi connectivity index (χ1n) is 9.99. The number of hydrogen-bond acceptors (Lipinski definition) is 0. The molecule has 159 valence electrons. The Bertz CT molecular complexity index is 969. The Morgan fingerprint density at radius 2 is 0.839 bits per heavy atom. The van der Waals surface area contributed by atoms with Crippen LogP contribution in [-0.2, 0) is 12.1 Å². The van der Waals surface area contributed by atoms with Gasteiger partial charge in [0.2, 0.25) is 0 Å². The van der Waals surface area contributed by atoms with Gasteiger partial charge in [-0.05, 0) is 0 Å². The molecule has 1 atom stereocenters. The molecule has 0 aliphatic rings. The molecule has 0 aliphatic heterocycles. The molecule has 0 saturated heterocycles. The molecule has 0 nitrogen and oxygen atoms in total. The molecule has 0 amide bonds. The summed E-state index contributed by atoms with van der Waals surface area (Å²) in [4.78, 5) is 0. The Kier molecular flexibility index (Phi) is 8.63. The van der Waals surface area contributed by atoms with Crippen LogP contribution in [0.5, 0.6) is 0 Å². The molecule has 0 N–H and O–H groups in total. The van der Waals surface area contributed by atoms with Crippen molar-refractivity contribution in [3.63, 3.8) is 0 Å². The fraction of sp³-hybridized carbons (Fsp3) is 0.0769. The Labute approximate surface area is 200 Å². The van der Waals surface area contributed by atoms with Crippen LogP contribution >= 0.6 is 36.0 Å². The van der Waals surface area contributed by atoms with Crippen molar-refractivity contribution in [1.29, 1.82) is 0 Å². The molecule has 0 aliphatic carbocycles. The summed E-state index contributed by atoms with van der Waals surface area (Å²) in [5.41, 5.74) is 0. The third-order valence-electron chi connectivity index (χ3n) is 4.99. The van der Waals surface area contributed by atoms with Crippen LogP contribution in [0.1, 0.15) is 0 Å². The molecule has 0 spiro atoms. The van der Waals surface area contributed by atoms with Gasteiger partial charge in [0.05, 0.1) is 0 Å². The molecular formula is C26H23Cl2FeP2. The summed E-state index contributed by atoms with van der Waals surface area (Å²) in [7, 11) is 12.4. The standard InChI is InChI=1S/C26H23P2.2ClH.Fe/c1-5-13-23(14-6-1)27(24-15-7-2-8-16-24)21-22-28(25-17-9-3-10-18-25)26-19-11-4-12-20-26;;;/h1-21H,22H2;2*1H;/q;;;+2/p-2. The third kappa shape index (κ3) is 6.00. The van der Waals surface area contributed by atoms with Gasteiger partial charge < -0.3 is 0 Å². The first-order valence-corrected chi connectivity index (χ1v) is 16.6. The molecule has 0 heterocycles. The number of halogens is 2. The minimum atomic E-state index is -1.38. The summed E-state index contributed by atoms with van der Waals surface area (Å²) in [5.74, 6) is 0. The maximum atomic E-state index is 6.83. The minimum absolute atomic E-state index is 0.217. The molecule has 4 aromatic carbocycles. The van der Waals surface area contributed by atoms with E-state index in [1.54, 1.807) is 0 Å². The van der Waals surface area contributed by atoms with Crippen LogP contribution in [0.25, 0.3) is 0 Å². The van der Waals surface area contributed by atoms with Crippen molar-refractivity contribution >= 4 is 57.3 Å². The number of rotatable bonds is 8. The first-order chi connectivity index (χ1) is 15.2. The average molecular weight is 524 g/mol. The molecule has 0 saturated carbocycles. The van der Waals surface area contributed by atoms with Crippen LogP contribution in [0.3, 0.4) is 0 Å². The van der Waals surface area contributed by atoms with E-state index in [1.807, 2.05) is 0 Å².